The number of hydrogen-bond acceptors (Lipinski definition) is 8. The van der Waals surface area contributed by atoms with Gasteiger partial charge in [0.25, 0.3) is 0 Å². The number of esters is 1. The normalized spacial score (nSPS) is 25.1. The van der Waals surface area contributed by atoms with E-state index in [1.165, 1.54) is 0 Å². The van der Waals surface area contributed by atoms with Crippen molar-refractivity contribution in [1.82, 2.24) is 0 Å². The second-order valence-electron chi connectivity index (χ2n) is 7.97. The maximum Gasteiger partial charge on any atom is 0.310 e. The zero-order valence-corrected chi connectivity index (χ0v) is 18.5. The van der Waals surface area contributed by atoms with Crippen LogP contribution in [0.3, 0.4) is 0 Å². The molecule has 0 spiro atoms. The zero-order valence-electron chi connectivity index (χ0n) is 18.5. The molecule has 8 heteroatoms. The lowest BCUT2D eigenvalue weighted by atomic mass is 9.66. The highest BCUT2D eigenvalue weighted by Gasteiger charge is 2.53. The SMILES string of the molecule is CCO[C@H]1c2cc3c(cc2[C@@H](c2cc(OC)c(OC)c(OC)c2)[C@H]2C(=O)OC[C@H]21)OCO3. The maximum atomic E-state index is 13.0. The predicted octanol–water partition coefficient (Wildman–Crippen LogP) is 3.45. The summed E-state index contributed by atoms with van der Waals surface area (Å²) in [6.45, 7) is 2.94. The number of fused-ring (bicyclic) bond motifs is 3. The molecule has 2 aromatic rings. The van der Waals surface area contributed by atoms with Crippen molar-refractivity contribution in [2.24, 2.45) is 11.8 Å². The first kappa shape index (κ1) is 20.8. The van der Waals surface area contributed by atoms with Crippen molar-refractivity contribution < 1.29 is 38.0 Å². The molecule has 1 saturated heterocycles. The summed E-state index contributed by atoms with van der Waals surface area (Å²) in [6, 6.07) is 7.72. The summed E-state index contributed by atoms with van der Waals surface area (Å²) in [5.74, 6) is 1.81. The van der Waals surface area contributed by atoms with E-state index in [1.807, 2.05) is 31.2 Å². The molecule has 0 radical (unpaired) electrons. The molecule has 8 nitrogen and oxygen atoms in total. The molecule has 0 aromatic heterocycles. The smallest absolute Gasteiger partial charge is 0.310 e. The van der Waals surface area contributed by atoms with Crippen molar-refractivity contribution in [2.45, 2.75) is 18.9 Å². The van der Waals surface area contributed by atoms with Crippen LogP contribution in [0.5, 0.6) is 28.7 Å². The van der Waals surface area contributed by atoms with Gasteiger partial charge in [-0.05, 0) is 47.9 Å². The van der Waals surface area contributed by atoms with Gasteiger partial charge in [-0.3, -0.25) is 4.79 Å². The van der Waals surface area contributed by atoms with Crippen LogP contribution in [0.1, 0.15) is 35.6 Å². The van der Waals surface area contributed by atoms with Crippen LogP contribution in [0, 0.1) is 11.8 Å². The molecule has 0 bridgehead atoms. The molecule has 4 atom stereocenters. The van der Waals surface area contributed by atoms with Gasteiger partial charge in [0, 0.05) is 18.4 Å². The largest absolute Gasteiger partial charge is 0.493 e. The van der Waals surface area contributed by atoms with E-state index in [0.29, 0.717) is 42.0 Å². The van der Waals surface area contributed by atoms with Gasteiger partial charge in [-0.1, -0.05) is 0 Å². The molecular weight excluding hydrogens is 416 g/mol. The van der Waals surface area contributed by atoms with Crippen LogP contribution >= 0.6 is 0 Å². The van der Waals surface area contributed by atoms with Gasteiger partial charge in [-0.15, -0.1) is 0 Å². The Hall–Kier alpha value is -3.13. The van der Waals surface area contributed by atoms with Crippen LogP contribution in [0.25, 0.3) is 0 Å². The molecular formula is C24H26O8. The minimum atomic E-state index is -0.415. The van der Waals surface area contributed by atoms with Crippen molar-refractivity contribution in [3.8, 4) is 28.7 Å². The van der Waals surface area contributed by atoms with Crippen LogP contribution in [-0.4, -0.2) is 47.3 Å². The van der Waals surface area contributed by atoms with Crippen LogP contribution in [0.2, 0.25) is 0 Å². The van der Waals surface area contributed by atoms with E-state index in [2.05, 4.69) is 0 Å². The Kier molecular flexibility index (Phi) is 5.25. The average molecular weight is 442 g/mol. The number of rotatable bonds is 6. The topological polar surface area (TPSA) is 81.7 Å². The molecule has 2 aromatic carbocycles. The van der Waals surface area contributed by atoms with E-state index in [0.717, 1.165) is 16.7 Å². The number of hydrogen-bond donors (Lipinski definition) is 0. The van der Waals surface area contributed by atoms with Crippen molar-refractivity contribution in [1.29, 1.82) is 0 Å². The van der Waals surface area contributed by atoms with Gasteiger partial charge in [0.2, 0.25) is 12.5 Å². The molecule has 1 fully saturated rings. The quantitative estimate of drug-likeness (QED) is 0.630. The number of benzene rings is 2. The van der Waals surface area contributed by atoms with Gasteiger partial charge in [0.05, 0.1) is 40.0 Å². The molecule has 0 amide bonds. The average Bonchev–Trinajstić information content (AvgIpc) is 3.43. The fourth-order valence-electron chi connectivity index (χ4n) is 5.19. The third kappa shape index (κ3) is 3.04. The van der Waals surface area contributed by atoms with E-state index < -0.39 is 5.92 Å². The summed E-state index contributed by atoms with van der Waals surface area (Å²) in [5.41, 5.74) is 2.79. The lowest BCUT2D eigenvalue weighted by Crippen LogP contribution is -2.35. The molecule has 2 aliphatic heterocycles. The number of ether oxygens (including phenoxy) is 7. The van der Waals surface area contributed by atoms with Crippen molar-refractivity contribution in [3.05, 3.63) is 41.0 Å². The Bertz CT molecular complexity index is 1020. The molecule has 1 aliphatic carbocycles. The van der Waals surface area contributed by atoms with Crippen molar-refractivity contribution in [3.63, 3.8) is 0 Å². The molecule has 5 rings (SSSR count). The van der Waals surface area contributed by atoms with Crippen LogP contribution in [0.15, 0.2) is 24.3 Å². The molecule has 0 N–H and O–H groups in total. The van der Waals surface area contributed by atoms with Crippen molar-refractivity contribution >= 4 is 5.97 Å². The van der Waals surface area contributed by atoms with E-state index in [1.54, 1.807) is 21.3 Å². The van der Waals surface area contributed by atoms with Gasteiger partial charge >= 0.3 is 5.97 Å². The third-order valence-electron chi connectivity index (χ3n) is 6.51. The highest BCUT2D eigenvalue weighted by molar-refractivity contribution is 5.79. The third-order valence-corrected chi connectivity index (χ3v) is 6.51. The lowest BCUT2D eigenvalue weighted by molar-refractivity contribution is -0.141. The van der Waals surface area contributed by atoms with Gasteiger partial charge < -0.3 is 33.2 Å². The predicted molar refractivity (Wildman–Crippen MR) is 113 cm³/mol. The summed E-state index contributed by atoms with van der Waals surface area (Å²) in [5, 5.41) is 0. The first-order valence-corrected chi connectivity index (χ1v) is 10.6. The van der Waals surface area contributed by atoms with E-state index >= 15 is 0 Å². The van der Waals surface area contributed by atoms with Gasteiger partial charge in [-0.2, -0.15) is 0 Å². The molecule has 170 valence electrons. The second kappa shape index (κ2) is 8.09. The van der Waals surface area contributed by atoms with Gasteiger partial charge in [0.15, 0.2) is 23.0 Å². The summed E-state index contributed by atoms with van der Waals surface area (Å²) in [6.07, 6.45) is -0.278. The Labute approximate surface area is 186 Å². The molecule has 0 saturated carbocycles. The first-order chi connectivity index (χ1) is 15.6. The number of carbonyl (C=O) groups excluding carboxylic acids is 1. The number of cyclic esters (lactones) is 1. The molecule has 3 aliphatic rings. The standard InChI is InChI=1S/C24H26O8/c1-5-29-22-14-9-17-16(31-11-32-17)8-13(14)20(21-15(22)10-30-24(21)25)12-6-18(26-2)23(28-4)19(7-12)27-3/h6-9,15,20-22H,5,10-11H2,1-4H3/t15-,20-,21+,22+/m1/s1. The lowest BCUT2D eigenvalue weighted by Gasteiger charge is -2.39. The van der Waals surface area contributed by atoms with Crippen LogP contribution in [-0.2, 0) is 14.3 Å². The monoisotopic (exact) mass is 442 g/mol. The van der Waals surface area contributed by atoms with Crippen LogP contribution in [0.4, 0.5) is 0 Å². The van der Waals surface area contributed by atoms with Crippen molar-refractivity contribution in [2.75, 3.05) is 41.3 Å². The minimum absolute atomic E-state index is 0.126. The highest BCUT2D eigenvalue weighted by Crippen LogP contribution is 2.56. The molecule has 32 heavy (non-hydrogen) atoms. The fourth-order valence-corrected chi connectivity index (χ4v) is 5.19. The van der Waals surface area contributed by atoms with E-state index in [4.69, 9.17) is 33.2 Å². The first-order valence-electron chi connectivity index (χ1n) is 10.6. The Morgan fingerprint density at radius 3 is 2.16 bits per heavy atom. The van der Waals surface area contributed by atoms with E-state index in [9.17, 15) is 4.79 Å². The van der Waals surface area contributed by atoms with Gasteiger partial charge in [-0.25, -0.2) is 0 Å². The Morgan fingerprint density at radius 2 is 1.56 bits per heavy atom. The fraction of sp³-hybridized carbons (Fsp3) is 0.458. The second-order valence-corrected chi connectivity index (χ2v) is 7.97. The van der Waals surface area contributed by atoms with Gasteiger partial charge in [0.1, 0.15) is 0 Å². The molecule has 0 unspecified atom stereocenters. The minimum Gasteiger partial charge on any atom is -0.493 e. The number of methoxy groups -OCH3 is 3. The number of carbonyl (C=O) groups is 1. The summed E-state index contributed by atoms with van der Waals surface area (Å²) >= 11 is 0. The zero-order chi connectivity index (χ0) is 22.4. The Morgan fingerprint density at radius 1 is 0.906 bits per heavy atom. The summed E-state index contributed by atoms with van der Waals surface area (Å²) in [4.78, 5) is 13.0. The molecule has 2 heterocycles. The Balaban J connectivity index is 1.74. The van der Waals surface area contributed by atoms with Crippen LogP contribution < -0.4 is 23.7 Å². The van der Waals surface area contributed by atoms with E-state index in [-0.39, 0.29) is 30.7 Å². The summed E-state index contributed by atoms with van der Waals surface area (Å²) < 4.78 is 39.6. The highest BCUT2D eigenvalue weighted by atomic mass is 16.7. The maximum absolute atomic E-state index is 13.0. The summed E-state index contributed by atoms with van der Waals surface area (Å²) in [7, 11) is 4.71.